The Hall–Kier alpha value is -0.240. The molecule has 0 spiro atoms. The van der Waals surface area contributed by atoms with Crippen LogP contribution >= 0.6 is 23.2 Å². The van der Waals surface area contributed by atoms with Crippen molar-refractivity contribution in [2.45, 2.75) is 38.8 Å². The van der Waals surface area contributed by atoms with Crippen molar-refractivity contribution in [3.63, 3.8) is 0 Å². The SMILES string of the molecule is CC[C@@H]1CCCN1Cc1cc(Cl)cc(Cl)c1. The Morgan fingerprint density at radius 3 is 2.56 bits per heavy atom. The van der Waals surface area contributed by atoms with E-state index in [1.807, 2.05) is 12.1 Å². The largest absolute Gasteiger partial charge is 0.296 e. The van der Waals surface area contributed by atoms with E-state index in [9.17, 15) is 0 Å². The van der Waals surface area contributed by atoms with Crippen molar-refractivity contribution in [2.24, 2.45) is 0 Å². The Morgan fingerprint density at radius 2 is 1.94 bits per heavy atom. The van der Waals surface area contributed by atoms with E-state index in [1.54, 1.807) is 6.07 Å². The quantitative estimate of drug-likeness (QED) is 0.778. The Labute approximate surface area is 107 Å². The molecule has 2 rings (SSSR count). The molecule has 0 amide bonds. The summed E-state index contributed by atoms with van der Waals surface area (Å²) in [6.45, 7) is 4.43. The zero-order chi connectivity index (χ0) is 11.5. The summed E-state index contributed by atoms with van der Waals surface area (Å²) in [5.41, 5.74) is 1.22. The van der Waals surface area contributed by atoms with Crippen LogP contribution in [0.5, 0.6) is 0 Å². The summed E-state index contributed by atoms with van der Waals surface area (Å²) in [6, 6.07) is 6.54. The fourth-order valence-corrected chi connectivity index (χ4v) is 3.07. The predicted molar refractivity (Wildman–Crippen MR) is 70.2 cm³/mol. The third-order valence-electron chi connectivity index (χ3n) is 3.28. The van der Waals surface area contributed by atoms with Gasteiger partial charge in [0.15, 0.2) is 0 Å². The Balaban J connectivity index is 2.08. The number of nitrogens with zero attached hydrogens (tertiary/aromatic N) is 1. The molecule has 0 bridgehead atoms. The predicted octanol–water partition coefficient (Wildman–Crippen LogP) is 4.37. The van der Waals surface area contributed by atoms with Gasteiger partial charge in [-0.05, 0) is 49.6 Å². The third-order valence-corrected chi connectivity index (χ3v) is 3.71. The molecule has 1 fully saturated rings. The molecule has 1 nitrogen and oxygen atoms in total. The molecule has 0 aromatic heterocycles. The standard InChI is InChI=1S/C13H17Cl2N/c1-2-13-4-3-5-16(13)9-10-6-11(14)8-12(15)7-10/h6-8,13H,2-5,9H2,1H3/t13-/m1/s1. The molecule has 0 saturated carbocycles. The molecule has 1 heterocycles. The molecule has 0 aliphatic carbocycles. The fourth-order valence-electron chi connectivity index (χ4n) is 2.50. The van der Waals surface area contributed by atoms with Crippen LogP contribution in [0.3, 0.4) is 0 Å². The van der Waals surface area contributed by atoms with Gasteiger partial charge in [-0.25, -0.2) is 0 Å². The van der Waals surface area contributed by atoms with Crippen molar-refractivity contribution in [1.82, 2.24) is 4.90 Å². The van der Waals surface area contributed by atoms with Crippen LogP contribution in [0.25, 0.3) is 0 Å². The summed E-state index contributed by atoms with van der Waals surface area (Å²) in [6.07, 6.45) is 3.87. The number of halogens is 2. The Morgan fingerprint density at radius 1 is 1.25 bits per heavy atom. The molecule has 1 aromatic carbocycles. The second kappa shape index (κ2) is 5.39. The molecule has 16 heavy (non-hydrogen) atoms. The fraction of sp³-hybridized carbons (Fsp3) is 0.538. The van der Waals surface area contributed by atoms with Gasteiger partial charge in [-0.15, -0.1) is 0 Å². The molecule has 3 heteroatoms. The summed E-state index contributed by atoms with van der Waals surface area (Å²) in [4.78, 5) is 2.53. The molecule has 1 saturated heterocycles. The zero-order valence-electron chi connectivity index (χ0n) is 9.55. The van der Waals surface area contributed by atoms with Gasteiger partial charge in [0.1, 0.15) is 0 Å². The van der Waals surface area contributed by atoms with Crippen molar-refractivity contribution in [3.8, 4) is 0 Å². The second-order valence-corrected chi connectivity index (χ2v) is 5.33. The van der Waals surface area contributed by atoms with Crippen LogP contribution in [-0.4, -0.2) is 17.5 Å². The van der Waals surface area contributed by atoms with E-state index in [0.29, 0.717) is 0 Å². The monoisotopic (exact) mass is 257 g/mol. The lowest BCUT2D eigenvalue weighted by Gasteiger charge is -2.23. The van der Waals surface area contributed by atoms with Crippen LogP contribution in [0.4, 0.5) is 0 Å². The molecule has 1 aliphatic rings. The third kappa shape index (κ3) is 2.91. The molecular formula is C13H17Cl2N. The van der Waals surface area contributed by atoms with E-state index in [1.165, 1.54) is 31.4 Å². The average Bonchev–Trinajstić information content (AvgIpc) is 2.63. The maximum atomic E-state index is 6.00. The van der Waals surface area contributed by atoms with Crippen molar-refractivity contribution in [3.05, 3.63) is 33.8 Å². The number of rotatable bonds is 3. The van der Waals surface area contributed by atoms with Gasteiger partial charge in [0.2, 0.25) is 0 Å². The topological polar surface area (TPSA) is 3.24 Å². The van der Waals surface area contributed by atoms with Crippen molar-refractivity contribution < 1.29 is 0 Å². The van der Waals surface area contributed by atoms with Crippen molar-refractivity contribution in [2.75, 3.05) is 6.54 Å². The first-order valence-corrected chi connectivity index (χ1v) is 6.63. The zero-order valence-corrected chi connectivity index (χ0v) is 11.1. The van der Waals surface area contributed by atoms with E-state index < -0.39 is 0 Å². The molecule has 0 N–H and O–H groups in total. The minimum Gasteiger partial charge on any atom is -0.296 e. The first-order valence-electron chi connectivity index (χ1n) is 5.88. The average molecular weight is 258 g/mol. The highest BCUT2D eigenvalue weighted by molar-refractivity contribution is 6.34. The molecular weight excluding hydrogens is 241 g/mol. The lowest BCUT2D eigenvalue weighted by atomic mass is 10.1. The molecule has 88 valence electrons. The van der Waals surface area contributed by atoms with E-state index in [4.69, 9.17) is 23.2 Å². The lowest BCUT2D eigenvalue weighted by molar-refractivity contribution is 0.240. The summed E-state index contributed by atoms with van der Waals surface area (Å²) in [7, 11) is 0. The van der Waals surface area contributed by atoms with Gasteiger partial charge in [0, 0.05) is 22.6 Å². The van der Waals surface area contributed by atoms with Crippen LogP contribution in [0, 0.1) is 0 Å². The summed E-state index contributed by atoms with van der Waals surface area (Å²) >= 11 is 12.0. The van der Waals surface area contributed by atoms with E-state index >= 15 is 0 Å². The number of hydrogen-bond acceptors (Lipinski definition) is 1. The minimum absolute atomic E-state index is 0.731. The van der Waals surface area contributed by atoms with Crippen LogP contribution in [0.15, 0.2) is 18.2 Å². The summed E-state index contributed by atoms with van der Waals surface area (Å²) in [5.74, 6) is 0. The van der Waals surface area contributed by atoms with Gasteiger partial charge < -0.3 is 0 Å². The molecule has 1 aromatic rings. The minimum atomic E-state index is 0.731. The van der Waals surface area contributed by atoms with Gasteiger partial charge in [-0.3, -0.25) is 4.90 Å². The first kappa shape index (κ1) is 12.2. The van der Waals surface area contributed by atoms with E-state index in [0.717, 1.165) is 22.6 Å². The van der Waals surface area contributed by atoms with Crippen LogP contribution < -0.4 is 0 Å². The highest BCUT2D eigenvalue weighted by Crippen LogP contribution is 2.25. The lowest BCUT2D eigenvalue weighted by Crippen LogP contribution is -2.28. The normalized spacial score (nSPS) is 21.6. The first-order chi connectivity index (χ1) is 7.69. The van der Waals surface area contributed by atoms with Crippen LogP contribution in [0.2, 0.25) is 10.0 Å². The molecule has 1 aliphatic heterocycles. The summed E-state index contributed by atoms with van der Waals surface area (Å²) < 4.78 is 0. The van der Waals surface area contributed by atoms with E-state index in [2.05, 4.69) is 11.8 Å². The number of benzene rings is 1. The van der Waals surface area contributed by atoms with Gasteiger partial charge in [-0.1, -0.05) is 30.1 Å². The Bertz CT molecular complexity index is 345. The molecule has 0 radical (unpaired) electrons. The highest BCUT2D eigenvalue weighted by atomic mass is 35.5. The Kier molecular flexibility index (Phi) is 4.12. The van der Waals surface area contributed by atoms with Gasteiger partial charge >= 0.3 is 0 Å². The van der Waals surface area contributed by atoms with E-state index in [-0.39, 0.29) is 0 Å². The van der Waals surface area contributed by atoms with Crippen molar-refractivity contribution >= 4 is 23.2 Å². The highest BCUT2D eigenvalue weighted by Gasteiger charge is 2.22. The van der Waals surface area contributed by atoms with Crippen molar-refractivity contribution in [1.29, 1.82) is 0 Å². The van der Waals surface area contributed by atoms with Crippen LogP contribution in [0.1, 0.15) is 31.7 Å². The molecule has 1 atom stereocenters. The summed E-state index contributed by atoms with van der Waals surface area (Å²) in [5, 5.41) is 1.46. The number of hydrogen-bond donors (Lipinski definition) is 0. The van der Waals surface area contributed by atoms with Gasteiger partial charge in [-0.2, -0.15) is 0 Å². The maximum Gasteiger partial charge on any atom is 0.0424 e. The van der Waals surface area contributed by atoms with Crippen LogP contribution in [-0.2, 0) is 6.54 Å². The number of likely N-dealkylation sites (tertiary alicyclic amines) is 1. The van der Waals surface area contributed by atoms with Gasteiger partial charge in [0.25, 0.3) is 0 Å². The maximum absolute atomic E-state index is 6.00. The smallest absolute Gasteiger partial charge is 0.0424 e. The van der Waals surface area contributed by atoms with Gasteiger partial charge in [0.05, 0.1) is 0 Å². The molecule has 0 unspecified atom stereocenters. The second-order valence-electron chi connectivity index (χ2n) is 4.45.